The van der Waals surface area contributed by atoms with Crippen LogP contribution in [0.2, 0.25) is 0 Å². The lowest BCUT2D eigenvalue weighted by atomic mass is 9.83. The summed E-state index contributed by atoms with van der Waals surface area (Å²) in [6.07, 6.45) is 6.56. The van der Waals surface area contributed by atoms with Crippen LogP contribution < -0.4 is 10.5 Å². The van der Waals surface area contributed by atoms with E-state index in [0.717, 1.165) is 33.6 Å². The standard InChI is InChI=1S/C27H29NO2/c1-18-24(21-12-14-23(30-2)15-13-21)16-17-25(26(18)27(28)29)22-10-8-20(9-11-22)19-6-4-3-5-7-19/h8-17,19H,3-7H2,1-2H3,(H2,28,29). The number of benzene rings is 3. The van der Waals surface area contributed by atoms with E-state index in [1.165, 1.54) is 37.7 Å². The van der Waals surface area contributed by atoms with Gasteiger partial charge in [-0.25, -0.2) is 0 Å². The molecule has 1 fully saturated rings. The smallest absolute Gasteiger partial charge is 0.249 e. The number of rotatable bonds is 5. The van der Waals surface area contributed by atoms with Crippen molar-refractivity contribution in [2.24, 2.45) is 5.73 Å². The van der Waals surface area contributed by atoms with Crippen molar-refractivity contribution < 1.29 is 9.53 Å². The molecule has 154 valence electrons. The summed E-state index contributed by atoms with van der Waals surface area (Å²) in [4.78, 5) is 12.4. The van der Waals surface area contributed by atoms with Crippen LogP contribution in [0.3, 0.4) is 0 Å². The maximum absolute atomic E-state index is 12.4. The van der Waals surface area contributed by atoms with Crippen molar-refractivity contribution in [3.05, 3.63) is 77.4 Å². The molecule has 1 saturated carbocycles. The maximum Gasteiger partial charge on any atom is 0.249 e. The Hall–Kier alpha value is -3.07. The topological polar surface area (TPSA) is 52.3 Å². The quantitative estimate of drug-likeness (QED) is 0.533. The van der Waals surface area contributed by atoms with Gasteiger partial charge in [0.1, 0.15) is 5.75 Å². The van der Waals surface area contributed by atoms with Gasteiger partial charge < -0.3 is 10.5 Å². The van der Waals surface area contributed by atoms with Gasteiger partial charge in [0.05, 0.1) is 12.7 Å². The van der Waals surface area contributed by atoms with E-state index in [1.807, 2.05) is 37.3 Å². The molecule has 3 aromatic carbocycles. The minimum Gasteiger partial charge on any atom is -0.497 e. The molecule has 0 atom stereocenters. The van der Waals surface area contributed by atoms with Crippen molar-refractivity contribution in [2.75, 3.05) is 7.11 Å². The van der Waals surface area contributed by atoms with E-state index in [4.69, 9.17) is 10.5 Å². The Morgan fingerprint density at radius 2 is 1.40 bits per heavy atom. The van der Waals surface area contributed by atoms with Crippen LogP contribution in [0.4, 0.5) is 0 Å². The first kappa shape index (κ1) is 20.2. The summed E-state index contributed by atoms with van der Waals surface area (Å²) in [6, 6.07) is 20.7. The summed E-state index contributed by atoms with van der Waals surface area (Å²) in [5, 5.41) is 0. The first-order chi connectivity index (χ1) is 14.6. The van der Waals surface area contributed by atoms with Gasteiger partial charge in [-0.2, -0.15) is 0 Å². The lowest BCUT2D eigenvalue weighted by Crippen LogP contribution is -2.15. The third kappa shape index (κ3) is 3.97. The summed E-state index contributed by atoms with van der Waals surface area (Å²) < 4.78 is 5.25. The Bertz CT molecular complexity index is 1030. The summed E-state index contributed by atoms with van der Waals surface area (Å²) in [6.45, 7) is 1.97. The summed E-state index contributed by atoms with van der Waals surface area (Å²) in [5.74, 6) is 1.08. The van der Waals surface area contributed by atoms with Crippen LogP contribution in [-0.2, 0) is 0 Å². The number of amides is 1. The number of hydrogen-bond donors (Lipinski definition) is 1. The monoisotopic (exact) mass is 399 g/mol. The number of carbonyl (C=O) groups excluding carboxylic acids is 1. The summed E-state index contributed by atoms with van der Waals surface area (Å²) in [5.41, 5.74) is 12.7. The average molecular weight is 400 g/mol. The summed E-state index contributed by atoms with van der Waals surface area (Å²) in [7, 11) is 1.65. The molecule has 0 spiro atoms. The van der Waals surface area contributed by atoms with Gasteiger partial charge in [-0.3, -0.25) is 4.79 Å². The van der Waals surface area contributed by atoms with Crippen LogP contribution in [-0.4, -0.2) is 13.0 Å². The molecule has 0 aliphatic heterocycles. The fourth-order valence-electron chi connectivity index (χ4n) is 4.72. The van der Waals surface area contributed by atoms with Gasteiger partial charge in [-0.05, 0) is 71.2 Å². The van der Waals surface area contributed by atoms with Crippen LogP contribution in [0.5, 0.6) is 5.75 Å². The van der Waals surface area contributed by atoms with Crippen molar-refractivity contribution in [3.8, 4) is 28.0 Å². The third-order valence-corrected chi connectivity index (χ3v) is 6.41. The van der Waals surface area contributed by atoms with E-state index in [2.05, 4.69) is 30.3 Å². The zero-order valence-corrected chi connectivity index (χ0v) is 17.8. The summed E-state index contributed by atoms with van der Waals surface area (Å²) >= 11 is 0. The first-order valence-corrected chi connectivity index (χ1v) is 10.8. The molecule has 1 aliphatic carbocycles. The van der Waals surface area contributed by atoms with Gasteiger partial charge in [0.15, 0.2) is 0 Å². The second kappa shape index (κ2) is 8.74. The number of hydrogen-bond acceptors (Lipinski definition) is 2. The molecule has 0 radical (unpaired) electrons. The zero-order chi connectivity index (χ0) is 21.1. The fourth-order valence-corrected chi connectivity index (χ4v) is 4.72. The number of methoxy groups -OCH3 is 1. The molecular formula is C27H29NO2. The van der Waals surface area contributed by atoms with E-state index in [1.54, 1.807) is 7.11 Å². The van der Waals surface area contributed by atoms with Gasteiger partial charge in [0.2, 0.25) is 5.91 Å². The first-order valence-electron chi connectivity index (χ1n) is 10.8. The second-order valence-corrected chi connectivity index (χ2v) is 8.21. The predicted molar refractivity (Wildman–Crippen MR) is 123 cm³/mol. The zero-order valence-electron chi connectivity index (χ0n) is 17.8. The highest BCUT2D eigenvalue weighted by Crippen LogP contribution is 2.36. The molecule has 0 saturated heterocycles. The van der Waals surface area contributed by atoms with E-state index in [0.29, 0.717) is 11.5 Å². The van der Waals surface area contributed by atoms with Crippen molar-refractivity contribution in [3.63, 3.8) is 0 Å². The van der Waals surface area contributed by atoms with Crippen molar-refractivity contribution in [1.82, 2.24) is 0 Å². The third-order valence-electron chi connectivity index (χ3n) is 6.41. The SMILES string of the molecule is COc1ccc(-c2ccc(-c3ccc(C4CCCCC4)cc3)c(C(N)=O)c2C)cc1. The van der Waals surface area contributed by atoms with Crippen molar-refractivity contribution in [1.29, 1.82) is 0 Å². The lowest BCUT2D eigenvalue weighted by Gasteiger charge is -2.22. The molecule has 1 amide bonds. The normalized spacial score (nSPS) is 14.5. The highest BCUT2D eigenvalue weighted by atomic mass is 16.5. The molecule has 0 unspecified atom stereocenters. The molecule has 4 rings (SSSR count). The molecular weight excluding hydrogens is 370 g/mol. The van der Waals surface area contributed by atoms with Crippen LogP contribution >= 0.6 is 0 Å². The highest BCUT2D eigenvalue weighted by molar-refractivity contribution is 6.03. The van der Waals surface area contributed by atoms with E-state index >= 15 is 0 Å². The molecule has 1 aliphatic rings. The molecule has 3 aromatic rings. The highest BCUT2D eigenvalue weighted by Gasteiger charge is 2.19. The minimum absolute atomic E-state index is 0.394. The predicted octanol–water partition coefficient (Wildman–Crippen LogP) is 6.48. The van der Waals surface area contributed by atoms with Gasteiger partial charge in [-0.15, -0.1) is 0 Å². The molecule has 0 bridgehead atoms. The van der Waals surface area contributed by atoms with Crippen LogP contribution in [0.1, 0.15) is 59.5 Å². The molecule has 30 heavy (non-hydrogen) atoms. The molecule has 0 aromatic heterocycles. The maximum atomic E-state index is 12.4. The Kier molecular flexibility index (Phi) is 5.89. The van der Waals surface area contributed by atoms with Gasteiger partial charge >= 0.3 is 0 Å². The Labute approximate surface area is 178 Å². The number of ether oxygens (including phenoxy) is 1. The van der Waals surface area contributed by atoms with E-state index < -0.39 is 5.91 Å². The Morgan fingerprint density at radius 1 is 0.833 bits per heavy atom. The number of nitrogens with two attached hydrogens (primary N) is 1. The number of primary amides is 1. The average Bonchev–Trinajstić information content (AvgIpc) is 2.79. The van der Waals surface area contributed by atoms with Crippen LogP contribution in [0.25, 0.3) is 22.3 Å². The Morgan fingerprint density at radius 3 is 2.00 bits per heavy atom. The molecule has 2 N–H and O–H groups in total. The van der Waals surface area contributed by atoms with Crippen LogP contribution in [0, 0.1) is 6.92 Å². The Balaban J connectivity index is 1.71. The fraction of sp³-hybridized carbons (Fsp3) is 0.296. The molecule has 3 heteroatoms. The van der Waals surface area contributed by atoms with Crippen molar-refractivity contribution in [2.45, 2.75) is 44.9 Å². The van der Waals surface area contributed by atoms with Gasteiger partial charge in [0.25, 0.3) is 0 Å². The van der Waals surface area contributed by atoms with Gasteiger partial charge in [0, 0.05) is 0 Å². The van der Waals surface area contributed by atoms with E-state index in [9.17, 15) is 4.79 Å². The van der Waals surface area contributed by atoms with Crippen molar-refractivity contribution >= 4 is 5.91 Å². The van der Waals surface area contributed by atoms with Gasteiger partial charge in [-0.1, -0.05) is 67.8 Å². The number of carbonyl (C=O) groups is 1. The minimum atomic E-state index is -0.394. The van der Waals surface area contributed by atoms with Crippen LogP contribution in [0.15, 0.2) is 60.7 Å². The second-order valence-electron chi connectivity index (χ2n) is 8.21. The molecule has 0 heterocycles. The lowest BCUT2D eigenvalue weighted by molar-refractivity contribution is 0.100. The molecule has 3 nitrogen and oxygen atoms in total. The largest absolute Gasteiger partial charge is 0.497 e. The van der Waals surface area contributed by atoms with E-state index in [-0.39, 0.29) is 0 Å².